The third kappa shape index (κ3) is 5.81. The van der Waals surface area contributed by atoms with Crippen molar-refractivity contribution in [1.29, 1.82) is 5.26 Å². The van der Waals surface area contributed by atoms with Crippen molar-refractivity contribution < 1.29 is 14.3 Å². The summed E-state index contributed by atoms with van der Waals surface area (Å²) in [5.74, 6) is -2.00. The topological polar surface area (TPSA) is 93.2 Å². The second kappa shape index (κ2) is 5.47. The fourth-order valence-corrected chi connectivity index (χ4v) is 0.924. The third-order valence-corrected chi connectivity index (χ3v) is 1.54. The summed E-state index contributed by atoms with van der Waals surface area (Å²) in [6.07, 6.45) is -0.232. The van der Waals surface area contributed by atoms with Gasteiger partial charge in [-0.25, -0.2) is 0 Å². The quantitative estimate of drug-likeness (QED) is 0.680. The summed E-state index contributed by atoms with van der Waals surface area (Å²) < 4.78 is 4.98. The first-order valence-electron chi connectivity index (χ1n) is 4.64. The van der Waals surface area contributed by atoms with Crippen LogP contribution in [-0.2, 0) is 14.3 Å². The first-order chi connectivity index (χ1) is 6.80. The molecular weight excluding hydrogens is 196 g/mol. The zero-order valence-electron chi connectivity index (χ0n) is 9.24. The maximum Gasteiger partial charge on any atom is 0.308 e. The highest BCUT2D eigenvalue weighted by molar-refractivity contribution is 5.88. The molecule has 0 radical (unpaired) electrons. The first-order valence-corrected chi connectivity index (χ1v) is 4.64. The van der Waals surface area contributed by atoms with E-state index in [9.17, 15) is 9.59 Å². The lowest BCUT2D eigenvalue weighted by atomic mass is 10.0. The molecule has 84 valence electrons. The number of ketones is 1. The summed E-state index contributed by atoms with van der Waals surface area (Å²) >= 11 is 0. The van der Waals surface area contributed by atoms with Crippen LogP contribution in [0.15, 0.2) is 0 Å². The number of carbonyl (C=O) groups is 2. The average Bonchev–Trinajstić information content (AvgIpc) is 2.10. The molecule has 0 amide bonds. The molecule has 1 atom stereocenters. The highest BCUT2D eigenvalue weighted by Crippen LogP contribution is 2.11. The molecule has 0 aliphatic rings. The number of esters is 1. The number of nitrogens with two attached hydrogens (primary N) is 1. The molecular formula is C10H16N2O3. The Balaban J connectivity index is 4.28. The number of ether oxygens (including phenoxy) is 1. The molecule has 0 saturated heterocycles. The SMILES string of the molecule is CC(C)(C)OC(=O)CC(C#N)C(=O)CN. The van der Waals surface area contributed by atoms with Gasteiger partial charge in [0.05, 0.1) is 19.0 Å². The van der Waals surface area contributed by atoms with Gasteiger partial charge in [0.1, 0.15) is 11.5 Å². The Morgan fingerprint density at radius 2 is 2.00 bits per heavy atom. The Kier molecular flexibility index (Phi) is 4.95. The van der Waals surface area contributed by atoms with Crippen LogP contribution in [0.2, 0.25) is 0 Å². The summed E-state index contributed by atoms with van der Waals surface area (Å²) in [6.45, 7) is 4.92. The minimum atomic E-state index is -0.996. The Morgan fingerprint density at radius 3 is 2.33 bits per heavy atom. The second-order valence-electron chi connectivity index (χ2n) is 4.14. The van der Waals surface area contributed by atoms with Crippen LogP contribution in [0.1, 0.15) is 27.2 Å². The molecule has 0 rings (SSSR count). The number of hydrogen-bond acceptors (Lipinski definition) is 5. The minimum absolute atomic E-state index is 0.232. The monoisotopic (exact) mass is 212 g/mol. The Bertz CT molecular complexity index is 286. The van der Waals surface area contributed by atoms with Crippen LogP contribution in [0.25, 0.3) is 0 Å². The van der Waals surface area contributed by atoms with Gasteiger partial charge in [0, 0.05) is 0 Å². The predicted octanol–water partition coefficient (Wildman–Crippen LogP) is 0.386. The first kappa shape index (κ1) is 13.6. The van der Waals surface area contributed by atoms with E-state index in [0.717, 1.165) is 0 Å². The van der Waals surface area contributed by atoms with E-state index in [1.54, 1.807) is 26.8 Å². The molecule has 0 aliphatic heterocycles. The fraction of sp³-hybridized carbons (Fsp3) is 0.700. The number of rotatable bonds is 4. The zero-order valence-corrected chi connectivity index (χ0v) is 9.24. The van der Waals surface area contributed by atoms with E-state index in [1.807, 2.05) is 0 Å². The van der Waals surface area contributed by atoms with Crippen LogP contribution >= 0.6 is 0 Å². The Labute approximate surface area is 89.2 Å². The van der Waals surface area contributed by atoms with Gasteiger partial charge in [-0.15, -0.1) is 0 Å². The molecule has 0 spiro atoms. The van der Waals surface area contributed by atoms with Crippen LogP contribution < -0.4 is 5.73 Å². The van der Waals surface area contributed by atoms with Crippen LogP contribution in [0.5, 0.6) is 0 Å². The summed E-state index contributed by atoms with van der Waals surface area (Å²) in [4.78, 5) is 22.4. The molecule has 0 bridgehead atoms. The van der Waals surface area contributed by atoms with Crippen molar-refractivity contribution in [3.05, 3.63) is 0 Å². The molecule has 5 heteroatoms. The van der Waals surface area contributed by atoms with Gasteiger partial charge in [-0.3, -0.25) is 9.59 Å². The molecule has 5 nitrogen and oxygen atoms in total. The van der Waals surface area contributed by atoms with Crippen molar-refractivity contribution >= 4 is 11.8 Å². The van der Waals surface area contributed by atoms with Crippen molar-refractivity contribution in [1.82, 2.24) is 0 Å². The van der Waals surface area contributed by atoms with Crippen molar-refractivity contribution in [3.8, 4) is 6.07 Å². The summed E-state index contributed by atoms with van der Waals surface area (Å²) in [5, 5.41) is 8.64. The molecule has 0 aromatic carbocycles. The van der Waals surface area contributed by atoms with E-state index >= 15 is 0 Å². The molecule has 0 saturated carbocycles. The van der Waals surface area contributed by atoms with Gasteiger partial charge in [-0.1, -0.05) is 0 Å². The smallest absolute Gasteiger partial charge is 0.308 e. The number of hydrogen-bond donors (Lipinski definition) is 1. The molecule has 0 aromatic rings. The van der Waals surface area contributed by atoms with Crippen LogP contribution in [-0.4, -0.2) is 23.9 Å². The van der Waals surface area contributed by atoms with Crippen molar-refractivity contribution in [2.24, 2.45) is 11.7 Å². The summed E-state index contributed by atoms with van der Waals surface area (Å²) in [5.41, 5.74) is 4.49. The summed E-state index contributed by atoms with van der Waals surface area (Å²) in [6, 6.07) is 1.74. The third-order valence-electron chi connectivity index (χ3n) is 1.54. The van der Waals surface area contributed by atoms with Gasteiger partial charge in [0.2, 0.25) is 0 Å². The predicted molar refractivity (Wildman–Crippen MR) is 53.6 cm³/mol. The number of Topliss-reactive ketones (excluding diaryl/α,β-unsaturated/α-hetero) is 1. The molecule has 2 N–H and O–H groups in total. The van der Waals surface area contributed by atoms with Crippen LogP contribution in [0.3, 0.4) is 0 Å². The normalized spacial score (nSPS) is 12.7. The molecule has 0 aromatic heterocycles. The van der Waals surface area contributed by atoms with Crippen molar-refractivity contribution in [2.75, 3.05) is 6.54 Å². The maximum absolute atomic E-state index is 11.3. The molecule has 0 aliphatic carbocycles. The van der Waals surface area contributed by atoms with Crippen molar-refractivity contribution in [3.63, 3.8) is 0 Å². The lowest BCUT2D eigenvalue weighted by Gasteiger charge is -2.20. The minimum Gasteiger partial charge on any atom is -0.460 e. The van der Waals surface area contributed by atoms with Crippen LogP contribution in [0.4, 0.5) is 0 Å². The molecule has 1 unspecified atom stereocenters. The fourth-order valence-electron chi connectivity index (χ4n) is 0.924. The van der Waals surface area contributed by atoms with E-state index in [2.05, 4.69) is 0 Å². The maximum atomic E-state index is 11.3. The van der Waals surface area contributed by atoms with Gasteiger partial charge in [-0.2, -0.15) is 5.26 Å². The largest absolute Gasteiger partial charge is 0.460 e. The second-order valence-corrected chi connectivity index (χ2v) is 4.14. The standard InChI is InChI=1S/C10H16N2O3/c1-10(2,3)15-9(14)4-7(5-11)8(13)6-12/h7H,4,6,12H2,1-3H3. The Hall–Kier alpha value is -1.41. The molecule has 15 heavy (non-hydrogen) atoms. The highest BCUT2D eigenvalue weighted by atomic mass is 16.6. The van der Waals surface area contributed by atoms with E-state index in [-0.39, 0.29) is 13.0 Å². The lowest BCUT2D eigenvalue weighted by Crippen LogP contribution is -2.29. The molecule has 0 heterocycles. The van der Waals surface area contributed by atoms with Gasteiger partial charge in [0.25, 0.3) is 0 Å². The molecule has 0 fully saturated rings. The van der Waals surface area contributed by atoms with E-state index < -0.39 is 23.3 Å². The van der Waals surface area contributed by atoms with Gasteiger partial charge >= 0.3 is 5.97 Å². The number of nitrogens with zero attached hydrogens (tertiary/aromatic N) is 1. The number of carbonyl (C=O) groups excluding carboxylic acids is 2. The lowest BCUT2D eigenvalue weighted by molar-refractivity contribution is -0.156. The van der Waals surface area contributed by atoms with Crippen LogP contribution in [0, 0.1) is 17.2 Å². The zero-order chi connectivity index (χ0) is 12.1. The van der Waals surface area contributed by atoms with E-state index in [1.165, 1.54) is 0 Å². The van der Waals surface area contributed by atoms with E-state index in [4.69, 9.17) is 15.7 Å². The van der Waals surface area contributed by atoms with Crippen molar-refractivity contribution in [2.45, 2.75) is 32.8 Å². The average molecular weight is 212 g/mol. The Morgan fingerprint density at radius 1 is 1.47 bits per heavy atom. The summed E-state index contributed by atoms with van der Waals surface area (Å²) in [7, 11) is 0. The van der Waals surface area contributed by atoms with Gasteiger partial charge in [-0.05, 0) is 20.8 Å². The number of nitriles is 1. The van der Waals surface area contributed by atoms with E-state index in [0.29, 0.717) is 0 Å². The van der Waals surface area contributed by atoms with Gasteiger partial charge < -0.3 is 10.5 Å². The highest BCUT2D eigenvalue weighted by Gasteiger charge is 2.24. The van der Waals surface area contributed by atoms with Gasteiger partial charge in [0.15, 0.2) is 5.78 Å².